The molecule has 4 rings (SSSR count). The van der Waals surface area contributed by atoms with Gasteiger partial charge in [-0.3, -0.25) is 10.1 Å². The summed E-state index contributed by atoms with van der Waals surface area (Å²) in [6.07, 6.45) is -2.84. The third-order valence-corrected chi connectivity index (χ3v) is 5.16. The van der Waals surface area contributed by atoms with Crippen molar-refractivity contribution in [2.24, 2.45) is 0 Å². The lowest BCUT2D eigenvalue weighted by Gasteiger charge is -2.20. The highest BCUT2D eigenvalue weighted by molar-refractivity contribution is 5.99. The number of rotatable bonds is 4. The number of carbonyl (C=O) groups excluding carboxylic acids is 2. The molecule has 3 N–H and O–H groups in total. The van der Waals surface area contributed by atoms with Gasteiger partial charge in [0.1, 0.15) is 17.3 Å². The van der Waals surface area contributed by atoms with E-state index in [-0.39, 0.29) is 35.1 Å². The summed E-state index contributed by atoms with van der Waals surface area (Å²) in [6.45, 7) is 5.68. The number of anilines is 3. The van der Waals surface area contributed by atoms with Crippen LogP contribution in [-0.2, 0) is 22.8 Å². The minimum absolute atomic E-state index is 0.00418. The molecule has 3 heterocycles. The number of ether oxygens (including phenoxy) is 1. The molecule has 12 heteroatoms. The molecule has 1 aromatic carbocycles. The molecule has 2 aromatic heterocycles. The summed E-state index contributed by atoms with van der Waals surface area (Å²) >= 11 is 0. The molecule has 3 aromatic rings. The number of nitrogens with one attached hydrogen (secondary N) is 3. The van der Waals surface area contributed by atoms with Crippen molar-refractivity contribution < 1.29 is 32.0 Å². The fraction of sp³-hybridized carbons (Fsp3) is 0.304. The van der Waals surface area contributed by atoms with Gasteiger partial charge in [0, 0.05) is 29.7 Å². The van der Waals surface area contributed by atoms with E-state index in [1.807, 2.05) is 20.8 Å². The van der Waals surface area contributed by atoms with Crippen LogP contribution in [0, 0.1) is 0 Å². The SMILES string of the molecule is CC(C)(C)c1cc(NC(=O)Nc2ccc(Oc3ccnc4c3CCC(=O)N4)cc2C(F)(F)F)on1. The number of fused-ring (bicyclic) bond motifs is 1. The molecule has 0 fully saturated rings. The van der Waals surface area contributed by atoms with E-state index < -0.39 is 23.5 Å². The van der Waals surface area contributed by atoms with Crippen LogP contribution in [0.3, 0.4) is 0 Å². The molecular weight excluding hydrogens is 467 g/mol. The number of pyridine rings is 1. The van der Waals surface area contributed by atoms with Crippen LogP contribution in [0.2, 0.25) is 0 Å². The monoisotopic (exact) mass is 489 g/mol. The van der Waals surface area contributed by atoms with Crippen LogP contribution in [0.25, 0.3) is 0 Å². The van der Waals surface area contributed by atoms with Crippen LogP contribution < -0.4 is 20.7 Å². The van der Waals surface area contributed by atoms with E-state index in [0.717, 1.165) is 12.1 Å². The average Bonchev–Trinajstić information content (AvgIpc) is 3.23. The Bertz CT molecular complexity index is 1280. The van der Waals surface area contributed by atoms with Crippen molar-refractivity contribution in [1.82, 2.24) is 10.1 Å². The fourth-order valence-electron chi connectivity index (χ4n) is 3.36. The predicted molar refractivity (Wildman–Crippen MR) is 121 cm³/mol. The average molecular weight is 489 g/mol. The van der Waals surface area contributed by atoms with Crippen LogP contribution in [0.4, 0.5) is 35.4 Å². The molecule has 0 aliphatic carbocycles. The molecular formula is C23H22F3N5O4. The Morgan fingerprint density at radius 3 is 2.57 bits per heavy atom. The maximum Gasteiger partial charge on any atom is 0.418 e. The number of alkyl halides is 3. The molecule has 0 bridgehead atoms. The van der Waals surface area contributed by atoms with Crippen molar-refractivity contribution >= 4 is 29.3 Å². The third-order valence-electron chi connectivity index (χ3n) is 5.16. The lowest BCUT2D eigenvalue weighted by Crippen LogP contribution is -2.22. The summed E-state index contributed by atoms with van der Waals surface area (Å²) in [7, 11) is 0. The van der Waals surface area contributed by atoms with Gasteiger partial charge in [0.25, 0.3) is 0 Å². The molecule has 1 aliphatic heterocycles. The van der Waals surface area contributed by atoms with Gasteiger partial charge in [-0.15, -0.1) is 0 Å². The van der Waals surface area contributed by atoms with Crippen LogP contribution in [0.15, 0.2) is 41.1 Å². The first-order valence-corrected chi connectivity index (χ1v) is 10.6. The maximum absolute atomic E-state index is 13.8. The molecule has 0 atom stereocenters. The van der Waals surface area contributed by atoms with E-state index in [0.29, 0.717) is 23.5 Å². The molecule has 0 saturated carbocycles. The highest BCUT2D eigenvalue weighted by Gasteiger charge is 2.35. The Labute approximate surface area is 198 Å². The molecule has 0 radical (unpaired) electrons. The predicted octanol–water partition coefficient (Wildman–Crippen LogP) is 5.71. The number of benzene rings is 1. The molecule has 1 aliphatic rings. The Morgan fingerprint density at radius 2 is 1.89 bits per heavy atom. The van der Waals surface area contributed by atoms with Gasteiger partial charge >= 0.3 is 12.2 Å². The summed E-state index contributed by atoms with van der Waals surface area (Å²) in [6, 6.07) is 5.25. The van der Waals surface area contributed by atoms with Gasteiger partial charge in [0.15, 0.2) is 0 Å². The van der Waals surface area contributed by atoms with Crippen LogP contribution >= 0.6 is 0 Å². The van der Waals surface area contributed by atoms with Gasteiger partial charge in [-0.05, 0) is 30.7 Å². The minimum Gasteiger partial charge on any atom is -0.457 e. The van der Waals surface area contributed by atoms with Gasteiger partial charge in [0.2, 0.25) is 11.8 Å². The van der Waals surface area contributed by atoms with E-state index in [2.05, 4.69) is 26.1 Å². The summed E-state index contributed by atoms with van der Waals surface area (Å²) in [4.78, 5) is 28.0. The highest BCUT2D eigenvalue weighted by atomic mass is 19.4. The first kappa shape index (κ1) is 24.0. The summed E-state index contributed by atoms with van der Waals surface area (Å²) in [5, 5.41) is 11.0. The fourth-order valence-corrected chi connectivity index (χ4v) is 3.36. The molecule has 35 heavy (non-hydrogen) atoms. The molecule has 184 valence electrons. The molecule has 9 nitrogen and oxygen atoms in total. The topological polar surface area (TPSA) is 118 Å². The first-order valence-electron chi connectivity index (χ1n) is 10.6. The highest BCUT2D eigenvalue weighted by Crippen LogP contribution is 2.39. The van der Waals surface area contributed by atoms with Gasteiger partial charge in [0.05, 0.1) is 16.9 Å². The van der Waals surface area contributed by atoms with Crippen LogP contribution in [0.5, 0.6) is 11.5 Å². The zero-order valence-corrected chi connectivity index (χ0v) is 19.0. The van der Waals surface area contributed by atoms with E-state index in [1.54, 1.807) is 0 Å². The Balaban J connectivity index is 1.54. The second kappa shape index (κ2) is 8.93. The van der Waals surface area contributed by atoms with Gasteiger partial charge < -0.3 is 19.9 Å². The number of hydrogen-bond donors (Lipinski definition) is 3. The number of amides is 3. The van der Waals surface area contributed by atoms with Crippen molar-refractivity contribution in [2.75, 3.05) is 16.0 Å². The van der Waals surface area contributed by atoms with Crippen LogP contribution in [-0.4, -0.2) is 22.1 Å². The van der Waals surface area contributed by atoms with E-state index in [1.165, 1.54) is 24.4 Å². The number of hydrogen-bond acceptors (Lipinski definition) is 6. The number of nitrogens with zero attached hydrogens (tertiary/aromatic N) is 2. The third kappa shape index (κ3) is 5.53. The lowest BCUT2D eigenvalue weighted by molar-refractivity contribution is -0.137. The first-order chi connectivity index (χ1) is 16.4. The molecule has 0 spiro atoms. The maximum atomic E-state index is 13.8. The molecule has 3 amide bonds. The van der Waals surface area contributed by atoms with Crippen molar-refractivity contribution in [3.8, 4) is 11.5 Å². The number of urea groups is 1. The molecule has 0 saturated heterocycles. The number of halogens is 3. The second-order valence-electron chi connectivity index (χ2n) is 8.90. The normalized spacial score (nSPS) is 13.6. The lowest BCUT2D eigenvalue weighted by atomic mass is 9.92. The van der Waals surface area contributed by atoms with E-state index in [4.69, 9.17) is 9.26 Å². The summed E-state index contributed by atoms with van der Waals surface area (Å²) < 4.78 is 52.1. The Hall–Kier alpha value is -4.09. The Morgan fingerprint density at radius 1 is 1.11 bits per heavy atom. The van der Waals surface area contributed by atoms with Gasteiger partial charge in [-0.25, -0.2) is 9.78 Å². The van der Waals surface area contributed by atoms with Crippen molar-refractivity contribution in [1.29, 1.82) is 0 Å². The van der Waals surface area contributed by atoms with Crippen molar-refractivity contribution in [3.63, 3.8) is 0 Å². The standard InChI is InChI=1S/C23H22F3N5O4/c1-22(2,3)17-11-19(35-31-17)30-21(33)28-15-6-4-12(10-14(15)23(24,25)26)34-16-8-9-27-20-13(16)5-7-18(32)29-20/h4,6,8-11H,5,7H2,1-3H3,(H,27,29,32)(H2,28,30,33). The van der Waals surface area contributed by atoms with E-state index in [9.17, 15) is 22.8 Å². The van der Waals surface area contributed by atoms with Crippen molar-refractivity contribution in [3.05, 3.63) is 53.3 Å². The minimum atomic E-state index is -4.78. The summed E-state index contributed by atoms with van der Waals surface area (Å²) in [5.74, 6) is 0.289. The van der Waals surface area contributed by atoms with Crippen LogP contribution in [0.1, 0.15) is 44.0 Å². The largest absolute Gasteiger partial charge is 0.457 e. The second-order valence-corrected chi connectivity index (χ2v) is 8.90. The summed E-state index contributed by atoms with van der Waals surface area (Å²) in [5.41, 5.74) is -0.748. The van der Waals surface area contributed by atoms with Gasteiger partial charge in [-0.2, -0.15) is 13.2 Å². The van der Waals surface area contributed by atoms with Crippen molar-refractivity contribution in [2.45, 2.75) is 45.2 Å². The van der Waals surface area contributed by atoms with Gasteiger partial charge in [-0.1, -0.05) is 25.9 Å². The van der Waals surface area contributed by atoms with E-state index >= 15 is 0 Å². The molecule has 0 unspecified atom stereocenters. The Kier molecular flexibility index (Phi) is 6.14. The number of carbonyl (C=O) groups is 2. The quantitative estimate of drug-likeness (QED) is 0.432. The zero-order valence-electron chi connectivity index (χ0n) is 19.0. The smallest absolute Gasteiger partial charge is 0.418 e. The zero-order chi connectivity index (χ0) is 25.4. The number of aromatic nitrogens is 2.